The summed E-state index contributed by atoms with van der Waals surface area (Å²) < 4.78 is 0. The van der Waals surface area contributed by atoms with Gasteiger partial charge in [-0.25, -0.2) is 0 Å². The van der Waals surface area contributed by atoms with Crippen molar-refractivity contribution >= 4 is 17.4 Å². The largest absolute Gasteiger partial charge is 0.325 e. The Morgan fingerprint density at radius 1 is 1.38 bits per heavy atom. The lowest BCUT2D eigenvalue weighted by atomic mass is 9.99. The van der Waals surface area contributed by atoms with E-state index < -0.39 is 0 Å². The van der Waals surface area contributed by atoms with E-state index in [-0.39, 0.29) is 17.7 Å². The van der Waals surface area contributed by atoms with Crippen LogP contribution in [0.4, 0.5) is 5.69 Å². The topological polar surface area (TPSA) is 49.4 Å². The Labute approximate surface area is 126 Å². The second-order valence-electron chi connectivity index (χ2n) is 6.04. The minimum atomic E-state index is -0.145. The van der Waals surface area contributed by atoms with Crippen LogP contribution >= 0.6 is 0 Å². The maximum Gasteiger partial charge on any atom is 0.241 e. The van der Waals surface area contributed by atoms with Crippen molar-refractivity contribution in [3.63, 3.8) is 0 Å². The Morgan fingerprint density at radius 2 is 2.14 bits per heavy atom. The fourth-order valence-corrected chi connectivity index (χ4v) is 2.81. The Kier molecular flexibility index (Phi) is 5.12. The number of carbonyl (C=O) groups is 2. The standard InChI is InChI=1S/C17H24N2O2/c1-12-6-5-9-19(11-12)13(2)17(21)18-16-8-4-7-15(10-16)14(3)20/h4,7-8,10,12-13H,5-6,9,11H2,1-3H3,(H,18,21)/t12-,13-/m0/s1. The molecule has 0 bridgehead atoms. The highest BCUT2D eigenvalue weighted by atomic mass is 16.2. The van der Waals surface area contributed by atoms with Crippen LogP contribution in [-0.2, 0) is 4.79 Å². The van der Waals surface area contributed by atoms with Gasteiger partial charge in [0.2, 0.25) is 5.91 Å². The zero-order valence-electron chi connectivity index (χ0n) is 13.1. The lowest BCUT2D eigenvalue weighted by Crippen LogP contribution is -2.46. The van der Waals surface area contributed by atoms with Gasteiger partial charge < -0.3 is 5.32 Å². The first-order valence-electron chi connectivity index (χ1n) is 7.63. The van der Waals surface area contributed by atoms with Crippen molar-refractivity contribution in [2.45, 2.75) is 39.7 Å². The summed E-state index contributed by atoms with van der Waals surface area (Å²) >= 11 is 0. The van der Waals surface area contributed by atoms with Crippen LogP contribution in [0.3, 0.4) is 0 Å². The minimum Gasteiger partial charge on any atom is -0.325 e. The molecule has 1 aromatic carbocycles. The highest BCUT2D eigenvalue weighted by molar-refractivity contribution is 5.98. The number of hydrogen-bond acceptors (Lipinski definition) is 3. The Bertz CT molecular complexity index is 527. The molecule has 1 N–H and O–H groups in total. The molecule has 114 valence electrons. The van der Waals surface area contributed by atoms with Crippen LogP contribution in [0.2, 0.25) is 0 Å². The molecule has 21 heavy (non-hydrogen) atoms. The summed E-state index contributed by atoms with van der Waals surface area (Å²) in [5, 5.41) is 2.92. The van der Waals surface area contributed by atoms with Gasteiger partial charge in [0, 0.05) is 17.8 Å². The second kappa shape index (κ2) is 6.85. The normalized spacial score (nSPS) is 20.8. The molecule has 1 aliphatic heterocycles. The number of likely N-dealkylation sites (tertiary alicyclic amines) is 1. The fraction of sp³-hybridized carbons (Fsp3) is 0.529. The van der Waals surface area contributed by atoms with Crippen molar-refractivity contribution in [3.8, 4) is 0 Å². The highest BCUT2D eigenvalue weighted by Gasteiger charge is 2.25. The average molecular weight is 288 g/mol. The Morgan fingerprint density at radius 3 is 2.81 bits per heavy atom. The van der Waals surface area contributed by atoms with Crippen molar-refractivity contribution in [2.75, 3.05) is 18.4 Å². The van der Waals surface area contributed by atoms with Crippen molar-refractivity contribution in [3.05, 3.63) is 29.8 Å². The average Bonchev–Trinajstić information content (AvgIpc) is 2.46. The van der Waals surface area contributed by atoms with Crippen molar-refractivity contribution in [2.24, 2.45) is 5.92 Å². The van der Waals surface area contributed by atoms with Crippen LogP contribution in [0.25, 0.3) is 0 Å². The number of nitrogens with zero attached hydrogens (tertiary/aromatic N) is 1. The number of Topliss-reactive ketones (excluding diaryl/α,β-unsaturated/α-hetero) is 1. The van der Waals surface area contributed by atoms with Crippen LogP contribution in [-0.4, -0.2) is 35.7 Å². The molecule has 1 saturated heterocycles. The fourth-order valence-electron chi connectivity index (χ4n) is 2.81. The van der Waals surface area contributed by atoms with Gasteiger partial charge in [-0.05, 0) is 51.3 Å². The molecule has 1 fully saturated rings. The number of carbonyl (C=O) groups excluding carboxylic acids is 2. The number of benzene rings is 1. The van der Waals surface area contributed by atoms with Gasteiger partial charge in [-0.2, -0.15) is 0 Å². The molecule has 0 aromatic heterocycles. The number of piperidine rings is 1. The lowest BCUT2D eigenvalue weighted by molar-refractivity contribution is -0.121. The van der Waals surface area contributed by atoms with Gasteiger partial charge in [0.25, 0.3) is 0 Å². The van der Waals surface area contributed by atoms with Crippen LogP contribution in [0, 0.1) is 5.92 Å². The van der Waals surface area contributed by atoms with E-state index in [0.29, 0.717) is 17.2 Å². The van der Waals surface area contributed by atoms with Crippen LogP contribution in [0.1, 0.15) is 44.0 Å². The number of anilines is 1. The summed E-state index contributed by atoms with van der Waals surface area (Å²) in [4.78, 5) is 26.0. The molecule has 0 unspecified atom stereocenters. The van der Waals surface area contributed by atoms with E-state index in [2.05, 4.69) is 17.1 Å². The molecule has 4 nitrogen and oxygen atoms in total. The lowest BCUT2D eigenvalue weighted by Gasteiger charge is -2.34. The van der Waals surface area contributed by atoms with E-state index in [4.69, 9.17) is 0 Å². The van der Waals surface area contributed by atoms with E-state index in [0.717, 1.165) is 19.5 Å². The quantitative estimate of drug-likeness (QED) is 0.867. The van der Waals surface area contributed by atoms with Crippen molar-refractivity contribution in [1.29, 1.82) is 0 Å². The zero-order valence-corrected chi connectivity index (χ0v) is 13.1. The predicted molar refractivity (Wildman–Crippen MR) is 84.5 cm³/mol. The van der Waals surface area contributed by atoms with Gasteiger partial charge in [0.05, 0.1) is 6.04 Å². The molecule has 4 heteroatoms. The maximum atomic E-state index is 12.4. The van der Waals surface area contributed by atoms with Gasteiger partial charge >= 0.3 is 0 Å². The molecular weight excluding hydrogens is 264 g/mol. The van der Waals surface area contributed by atoms with Crippen LogP contribution < -0.4 is 5.32 Å². The Hall–Kier alpha value is -1.68. The van der Waals surface area contributed by atoms with E-state index in [1.807, 2.05) is 13.0 Å². The SMILES string of the molecule is CC(=O)c1cccc(NC(=O)[C@H](C)N2CCC[C@H](C)C2)c1. The molecule has 1 amide bonds. The highest BCUT2D eigenvalue weighted by Crippen LogP contribution is 2.19. The van der Waals surface area contributed by atoms with Gasteiger partial charge in [-0.1, -0.05) is 19.1 Å². The molecule has 0 spiro atoms. The smallest absolute Gasteiger partial charge is 0.241 e. The summed E-state index contributed by atoms with van der Waals surface area (Å²) in [5.74, 6) is 0.642. The molecule has 0 saturated carbocycles. The minimum absolute atomic E-state index is 0.00371. The summed E-state index contributed by atoms with van der Waals surface area (Å²) in [7, 11) is 0. The monoisotopic (exact) mass is 288 g/mol. The van der Waals surface area contributed by atoms with Crippen LogP contribution in [0.15, 0.2) is 24.3 Å². The molecule has 1 heterocycles. The van der Waals surface area contributed by atoms with Gasteiger partial charge in [-0.15, -0.1) is 0 Å². The van der Waals surface area contributed by atoms with E-state index >= 15 is 0 Å². The first kappa shape index (κ1) is 15.7. The number of nitrogens with one attached hydrogen (secondary N) is 1. The molecule has 1 aromatic rings. The third kappa shape index (κ3) is 4.14. The van der Waals surface area contributed by atoms with Gasteiger partial charge in [0.15, 0.2) is 5.78 Å². The summed E-state index contributed by atoms with van der Waals surface area (Å²) in [5.41, 5.74) is 1.30. The predicted octanol–water partition coefficient (Wildman–Crippen LogP) is 2.95. The first-order chi connectivity index (χ1) is 9.97. The molecule has 0 radical (unpaired) electrons. The number of amides is 1. The maximum absolute atomic E-state index is 12.4. The number of rotatable bonds is 4. The third-order valence-corrected chi connectivity index (χ3v) is 4.15. The van der Waals surface area contributed by atoms with E-state index in [1.54, 1.807) is 18.2 Å². The third-order valence-electron chi connectivity index (χ3n) is 4.15. The molecule has 2 atom stereocenters. The molecule has 1 aliphatic rings. The van der Waals surface area contributed by atoms with Crippen LogP contribution in [0.5, 0.6) is 0 Å². The molecular formula is C17H24N2O2. The summed E-state index contributed by atoms with van der Waals surface area (Å²) in [6.07, 6.45) is 2.39. The van der Waals surface area contributed by atoms with E-state index in [1.165, 1.54) is 13.3 Å². The number of hydrogen-bond donors (Lipinski definition) is 1. The van der Waals surface area contributed by atoms with Gasteiger partial charge in [0.1, 0.15) is 0 Å². The van der Waals surface area contributed by atoms with Crippen molar-refractivity contribution in [1.82, 2.24) is 4.90 Å². The second-order valence-corrected chi connectivity index (χ2v) is 6.04. The number of ketones is 1. The summed E-state index contributed by atoms with van der Waals surface area (Å²) in [6.45, 7) is 7.66. The summed E-state index contributed by atoms with van der Waals surface area (Å²) in [6, 6.07) is 6.95. The van der Waals surface area contributed by atoms with E-state index in [9.17, 15) is 9.59 Å². The molecule has 2 rings (SSSR count). The molecule has 0 aliphatic carbocycles. The van der Waals surface area contributed by atoms with Crippen molar-refractivity contribution < 1.29 is 9.59 Å². The van der Waals surface area contributed by atoms with Gasteiger partial charge in [-0.3, -0.25) is 14.5 Å². The zero-order chi connectivity index (χ0) is 15.4. The Balaban J connectivity index is 2.00. The first-order valence-corrected chi connectivity index (χ1v) is 7.63.